The van der Waals surface area contributed by atoms with Crippen molar-refractivity contribution in [2.24, 2.45) is 0 Å². The van der Waals surface area contributed by atoms with Gasteiger partial charge in [0, 0.05) is 9.35 Å². The van der Waals surface area contributed by atoms with E-state index in [2.05, 4.69) is 53.9 Å². The molecular weight excluding hydrogens is 423 g/mol. The second-order valence-electron chi connectivity index (χ2n) is 3.18. The second kappa shape index (κ2) is 5.29. The van der Waals surface area contributed by atoms with Crippen LogP contribution in [0.1, 0.15) is 15.3 Å². The molecule has 0 spiro atoms. The first-order valence-corrected chi connectivity index (χ1v) is 7.74. The first-order valence-electron chi connectivity index (χ1n) is 4.42. The van der Waals surface area contributed by atoms with Crippen LogP contribution in [0.25, 0.3) is 0 Å². The quantitative estimate of drug-likeness (QED) is 0.522. The number of alkyl halides is 1. The monoisotopic (exact) mass is 426 g/mol. The number of benzene rings is 1. The van der Waals surface area contributed by atoms with Crippen molar-refractivity contribution in [2.75, 3.05) is 0 Å². The SMILES string of the molecule is Fc1ccc(C(Br)c2cc(Br)c(Br)s2)cc1. The predicted molar refractivity (Wildman–Crippen MR) is 76.9 cm³/mol. The number of rotatable bonds is 2. The third-order valence-corrected chi connectivity index (χ3v) is 6.72. The third kappa shape index (κ3) is 2.75. The molecule has 16 heavy (non-hydrogen) atoms. The van der Waals surface area contributed by atoms with Gasteiger partial charge in [-0.15, -0.1) is 11.3 Å². The zero-order chi connectivity index (χ0) is 11.7. The van der Waals surface area contributed by atoms with Crippen LogP contribution in [0.4, 0.5) is 4.39 Å². The lowest BCUT2D eigenvalue weighted by Crippen LogP contribution is -1.89. The molecule has 1 atom stereocenters. The summed E-state index contributed by atoms with van der Waals surface area (Å²) < 4.78 is 14.9. The van der Waals surface area contributed by atoms with Crippen molar-refractivity contribution in [1.82, 2.24) is 0 Å². The molecule has 0 nitrogen and oxygen atoms in total. The summed E-state index contributed by atoms with van der Waals surface area (Å²) in [6.45, 7) is 0. The van der Waals surface area contributed by atoms with E-state index >= 15 is 0 Å². The molecule has 0 aliphatic carbocycles. The van der Waals surface area contributed by atoms with Gasteiger partial charge in [0.25, 0.3) is 0 Å². The Morgan fingerprint density at radius 2 is 1.75 bits per heavy atom. The summed E-state index contributed by atoms with van der Waals surface area (Å²) in [6.07, 6.45) is 0. The van der Waals surface area contributed by atoms with Crippen LogP contribution in [-0.2, 0) is 0 Å². The average molecular weight is 429 g/mol. The normalized spacial score (nSPS) is 12.8. The van der Waals surface area contributed by atoms with Gasteiger partial charge in [0.05, 0.1) is 8.61 Å². The van der Waals surface area contributed by atoms with E-state index in [-0.39, 0.29) is 10.6 Å². The molecule has 0 bridgehead atoms. The van der Waals surface area contributed by atoms with Crippen LogP contribution < -0.4 is 0 Å². The molecule has 84 valence electrons. The highest BCUT2D eigenvalue weighted by Crippen LogP contribution is 2.41. The van der Waals surface area contributed by atoms with Crippen LogP contribution in [0.15, 0.2) is 38.6 Å². The molecule has 0 aliphatic rings. The fourth-order valence-electron chi connectivity index (χ4n) is 1.28. The summed E-state index contributed by atoms with van der Waals surface area (Å²) >= 11 is 12.2. The van der Waals surface area contributed by atoms with Gasteiger partial charge in [-0.2, -0.15) is 0 Å². The Morgan fingerprint density at radius 3 is 2.25 bits per heavy atom. The van der Waals surface area contributed by atoms with Crippen LogP contribution >= 0.6 is 59.1 Å². The number of halogens is 4. The van der Waals surface area contributed by atoms with Crippen LogP contribution in [0, 0.1) is 5.82 Å². The summed E-state index contributed by atoms with van der Waals surface area (Å²) in [6, 6.07) is 8.58. The summed E-state index contributed by atoms with van der Waals surface area (Å²) in [5.41, 5.74) is 1.04. The Kier molecular flexibility index (Phi) is 4.21. The fraction of sp³-hybridized carbons (Fsp3) is 0.0909. The van der Waals surface area contributed by atoms with Crippen molar-refractivity contribution in [3.63, 3.8) is 0 Å². The summed E-state index contributed by atoms with van der Waals surface area (Å²) in [4.78, 5) is 1.27. The van der Waals surface area contributed by atoms with Crippen molar-refractivity contribution in [1.29, 1.82) is 0 Å². The van der Waals surface area contributed by atoms with E-state index in [0.717, 1.165) is 13.8 Å². The number of thiophene rings is 1. The maximum absolute atomic E-state index is 12.8. The van der Waals surface area contributed by atoms with Gasteiger partial charge in [-0.25, -0.2) is 4.39 Å². The molecule has 0 saturated heterocycles. The first-order chi connectivity index (χ1) is 7.58. The largest absolute Gasteiger partial charge is 0.207 e. The molecule has 0 saturated carbocycles. The number of hydrogen-bond donors (Lipinski definition) is 0. The topological polar surface area (TPSA) is 0 Å². The maximum atomic E-state index is 12.8. The highest BCUT2D eigenvalue weighted by molar-refractivity contribution is 9.13. The van der Waals surface area contributed by atoms with Gasteiger partial charge in [0.2, 0.25) is 0 Å². The molecule has 1 heterocycles. The molecule has 2 rings (SSSR count). The molecule has 0 N–H and O–H groups in total. The standard InChI is InChI=1S/C11H6Br3FS/c12-8-5-9(16-11(8)14)10(13)6-1-3-7(15)4-2-6/h1-5,10H. The molecule has 1 unspecified atom stereocenters. The highest BCUT2D eigenvalue weighted by Gasteiger charge is 2.14. The predicted octanol–water partition coefficient (Wildman–Crippen LogP) is 5.90. The number of hydrogen-bond acceptors (Lipinski definition) is 1. The Bertz CT molecular complexity index is 473. The molecule has 0 fully saturated rings. The molecule has 0 amide bonds. The zero-order valence-electron chi connectivity index (χ0n) is 7.88. The van der Waals surface area contributed by atoms with Gasteiger partial charge in [0.15, 0.2) is 0 Å². The van der Waals surface area contributed by atoms with Gasteiger partial charge in [0.1, 0.15) is 5.82 Å². The van der Waals surface area contributed by atoms with Crippen LogP contribution in [0.2, 0.25) is 0 Å². The maximum Gasteiger partial charge on any atom is 0.123 e. The fourth-order valence-corrected chi connectivity index (χ4v) is 4.10. The third-order valence-electron chi connectivity index (χ3n) is 2.08. The lowest BCUT2D eigenvalue weighted by Gasteiger charge is -2.07. The Balaban J connectivity index is 2.31. The lowest BCUT2D eigenvalue weighted by molar-refractivity contribution is 0.627. The molecule has 5 heteroatoms. The average Bonchev–Trinajstić information content (AvgIpc) is 2.59. The summed E-state index contributed by atoms with van der Waals surface area (Å²) in [5.74, 6) is -0.211. The van der Waals surface area contributed by atoms with Gasteiger partial charge >= 0.3 is 0 Å². The zero-order valence-corrected chi connectivity index (χ0v) is 13.5. The van der Waals surface area contributed by atoms with E-state index in [4.69, 9.17) is 0 Å². The second-order valence-corrected chi connectivity index (χ2v) is 7.36. The minimum Gasteiger partial charge on any atom is -0.207 e. The van der Waals surface area contributed by atoms with E-state index < -0.39 is 0 Å². The van der Waals surface area contributed by atoms with E-state index in [0.29, 0.717) is 0 Å². The summed E-state index contributed by atoms with van der Waals surface area (Å²) in [5, 5.41) is 0. The molecule has 0 aliphatic heterocycles. The van der Waals surface area contributed by atoms with Gasteiger partial charge < -0.3 is 0 Å². The van der Waals surface area contributed by atoms with Gasteiger partial charge in [-0.05, 0) is 55.6 Å². The van der Waals surface area contributed by atoms with E-state index in [1.54, 1.807) is 23.5 Å². The lowest BCUT2D eigenvalue weighted by atomic mass is 10.1. The summed E-state index contributed by atoms with van der Waals surface area (Å²) in [7, 11) is 0. The van der Waals surface area contributed by atoms with Crippen LogP contribution in [0.5, 0.6) is 0 Å². The van der Waals surface area contributed by atoms with Crippen LogP contribution in [0.3, 0.4) is 0 Å². The van der Waals surface area contributed by atoms with Gasteiger partial charge in [-0.3, -0.25) is 0 Å². The smallest absolute Gasteiger partial charge is 0.123 e. The minimum atomic E-state index is -0.211. The van der Waals surface area contributed by atoms with Crippen molar-refractivity contribution >= 4 is 59.1 Å². The Morgan fingerprint density at radius 1 is 1.12 bits per heavy atom. The van der Waals surface area contributed by atoms with Crippen molar-refractivity contribution in [3.8, 4) is 0 Å². The van der Waals surface area contributed by atoms with Crippen molar-refractivity contribution in [3.05, 3.63) is 54.8 Å². The first kappa shape index (κ1) is 12.7. The highest BCUT2D eigenvalue weighted by atomic mass is 79.9. The Hall–Kier alpha value is 0.290. The van der Waals surface area contributed by atoms with E-state index in [9.17, 15) is 4.39 Å². The molecule has 2 aromatic rings. The van der Waals surface area contributed by atoms with E-state index in [1.165, 1.54) is 17.0 Å². The van der Waals surface area contributed by atoms with Gasteiger partial charge in [-0.1, -0.05) is 28.1 Å². The molecule has 0 radical (unpaired) electrons. The van der Waals surface area contributed by atoms with Crippen molar-refractivity contribution in [2.45, 2.75) is 4.83 Å². The molecule has 1 aromatic carbocycles. The van der Waals surface area contributed by atoms with E-state index in [1.807, 2.05) is 0 Å². The minimum absolute atomic E-state index is 0.0979. The molecular formula is C11H6Br3FS. The van der Waals surface area contributed by atoms with Crippen LogP contribution in [-0.4, -0.2) is 0 Å². The molecule has 1 aromatic heterocycles. The Labute approximate surface area is 122 Å². The van der Waals surface area contributed by atoms with Crippen molar-refractivity contribution < 1.29 is 4.39 Å².